The topological polar surface area (TPSA) is 79.6 Å². The summed E-state index contributed by atoms with van der Waals surface area (Å²) < 4.78 is 12.5. The van der Waals surface area contributed by atoms with E-state index in [4.69, 9.17) is 9.47 Å². The number of aryl methyl sites for hydroxylation is 1. The van der Waals surface area contributed by atoms with Gasteiger partial charge < -0.3 is 9.47 Å². The Morgan fingerprint density at radius 2 is 1.76 bits per heavy atom. The highest BCUT2D eigenvalue weighted by atomic mass is 79.9. The summed E-state index contributed by atoms with van der Waals surface area (Å²) in [4.78, 5) is 27.2. The van der Waals surface area contributed by atoms with Crippen molar-refractivity contribution in [1.82, 2.24) is 4.90 Å². The zero-order chi connectivity index (χ0) is 26.2. The molecule has 37 heavy (non-hydrogen) atoms. The maximum atomic E-state index is 13.0. The average molecular weight is 578 g/mol. The molecular formula is C29H25BrN2O4S. The van der Waals surface area contributed by atoms with Gasteiger partial charge in [-0.25, -0.2) is 0 Å². The molecule has 4 rings (SSSR count). The summed E-state index contributed by atoms with van der Waals surface area (Å²) in [6, 6.07) is 23.0. The standard InChI is InChI=1S/C29H25BrN2O4S/c1-2-35-25-15-23(24(30)17-26(25)36-19-22-13-7-6-12-21(22)18-31)16-27-28(33)32(29(34)37-27)14-8-11-20-9-4-3-5-10-20/h3-7,9-10,12-13,15-17H,2,8,11,14,19H2,1H3/b27-16+. The minimum absolute atomic E-state index is 0.206. The molecule has 0 bridgehead atoms. The van der Waals surface area contributed by atoms with Crippen LogP contribution in [0.1, 0.15) is 35.6 Å². The third kappa shape index (κ3) is 6.62. The Morgan fingerprint density at radius 3 is 2.51 bits per heavy atom. The van der Waals surface area contributed by atoms with Crippen LogP contribution in [0.3, 0.4) is 0 Å². The van der Waals surface area contributed by atoms with E-state index in [2.05, 4.69) is 22.0 Å². The molecule has 0 N–H and O–H groups in total. The molecule has 3 aromatic rings. The van der Waals surface area contributed by atoms with Gasteiger partial charge in [0.15, 0.2) is 11.5 Å². The summed E-state index contributed by atoms with van der Waals surface area (Å²) in [5, 5.41) is 9.07. The number of amides is 2. The number of halogens is 1. The predicted molar refractivity (Wildman–Crippen MR) is 148 cm³/mol. The van der Waals surface area contributed by atoms with Gasteiger partial charge in [0, 0.05) is 16.6 Å². The molecule has 8 heteroatoms. The number of ether oxygens (including phenoxy) is 2. The van der Waals surface area contributed by atoms with Crippen LogP contribution >= 0.6 is 27.7 Å². The molecule has 188 valence electrons. The molecule has 2 amide bonds. The Labute approximate surface area is 229 Å². The lowest BCUT2D eigenvalue weighted by Gasteiger charge is -2.15. The molecular weight excluding hydrogens is 552 g/mol. The Balaban J connectivity index is 1.48. The van der Waals surface area contributed by atoms with Gasteiger partial charge in [-0.05, 0) is 66.9 Å². The molecule has 0 spiro atoms. The number of hydrogen-bond donors (Lipinski definition) is 0. The molecule has 1 aliphatic heterocycles. The molecule has 3 aromatic carbocycles. The first-order chi connectivity index (χ1) is 18.0. The molecule has 0 atom stereocenters. The third-order valence-corrected chi connectivity index (χ3v) is 7.33. The molecule has 1 heterocycles. The van der Waals surface area contributed by atoms with E-state index in [0.717, 1.165) is 23.7 Å². The van der Waals surface area contributed by atoms with Crippen molar-refractivity contribution in [2.24, 2.45) is 0 Å². The number of imide groups is 1. The number of benzene rings is 3. The molecule has 0 aromatic heterocycles. The minimum atomic E-state index is -0.290. The Hall–Kier alpha value is -3.54. The van der Waals surface area contributed by atoms with Crippen molar-refractivity contribution in [1.29, 1.82) is 5.26 Å². The smallest absolute Gasteiger partial charge is 0.293 e. The lowest BCUT2D eigenvalue weighted by atomic mass is 10.1. The largest absolute Gasteiger partial charge is 0.490 e. The van der Waals surface area contributed by atoms with E-state index in [1.54, 1.807) is 24.3 Å². The number of nitrogens with zero attached hydrogens (tertiary/aromatic N) is 2. The summed E-state index contributed by atoms with van der Waals surface area (Å²) in [6.07, 6.45) is 3.20. The number of hydrogen-bond acceptors (Lipinski definition) is 6. The normalized spacial score (nSPS) is 14.2. The van der Waals surface area contributed by atoms with E-state index in [1.807, 2.05) is 55.5 Å². The minimum Gasteiger partial charge on any atom is -0.490 e. The molecule has 6 nitrogen and oxygen atoms in total. The zero-order valence-electron chi connectivity index (χ0n) is 20.3. The van der Waals surface area contributed by atoms with E-state index in [1.165, 1.54) is 10.5 Å². The number of nitriles is 1. The van der Waals surface area contributed by atoms with Gasteiger partial charge in [-0.3, -0.25) is 14.5 Å². The molecule has 0 saturated carbocycles. The molecule has 0 unspecified atom stereocenters. The highest BCUT2D eigenvalue weighted by Gasteiger charge is 2.34. The zero-order valence-corrected chi connectivity index (χ0v) is 22.7. The van der Waals surface area contributed by atoms with Gasteiger partial charge in [0.2, 0.25) is 0 Å². The lowest BCUT2D eigenvalue weighted by Crippen LogP contribution is -2.29. The Bertz CT molecular complexity index is 1370. The van der Waals surface area contributed by atoms with Crippen molar-refractivity contribution < 1.29 is 19.1 Å². The van der Waals surface area contributed by atoms with Gasteiger partial charge in [-0.2, -0.15) is 5.26 Å². The number of carbonyl (C=O) groups is 2. The molecule has 1 fully saturated rings. The van der Waals surface area contributed by atoms with Gasteiger partial charge in [-0.1, -0.05) is 64.5 Å². The van der Waals surface area contributed by atoms with Crippen molar-refractivity contribution in [2.45, 2.75) is 26.4 Å². The lowest BCUT2D eigenvalue weighted by molar-refractivity contribution is -0.122. The van der Waals surface area contributed by atoms with Crippen LogP contribution in [-0.2, 0) is 17.8 Å². The fraction of sp³-hybridized carbons (Fsp3) is 0.207. The van der Waals surface area contributed by atoms with Crippen molar-refractivity contribution in [3.8, 4) is 17.6 Å². The second-order valence-corrected chi connectivity index (χ2v) is 10.1. The van der Waals surface area contributed by atoms with Gasteiger partial charge >= 0.3 is 0 Å². The SMILES string of the molecule is CCOc1cc(/C=C2/SC(=O)N(CCCc3ccccc3)C2=O)c(Br)cc1OCc1ccccc1C#N. The summed E-state index contributed by atoms with van der Waals surface area (Å²) in [5.74, 6) is 0.725. The quantitative estimate of drug-likeness (QED) is 0.242. The summed E-state index contributed by atoms with van der Waals surface area (Å²) in [7, 11) is 0. The second kappa shape index (κ2) is 12.6. The predicted octanol–water partition coefficient (Wildman–Crippen LogP) is 6.97. The second-order valence-electron chi connectivity index (χ2n) is 8.23. The first-order valence-corrected chi connectivity index (χ1v) is 13.5. The Morgan fingerprint density at radius 1 is 1.03 bits per heavy atom. The van der Waals surface area contributed by atoms with Gasteiger partial charge in [0.1, 0.15) is 6.61 Å². The number of thioether (sulfide) groups is 1. The van der Waals surface area contributed by atoms with E-state index < -0.39 is 0 Å². The van der Waals surface area contributed by atoms with Crippen LogP contribution in [-0.4, -0.2) is 29.2 Å². The first kappa shape index (κ1) is 26.5. The van der Waals surface area contributed by atoms with Crippen LogP contribution in [0.2, 0.25) is 0 Å². The Kier molecular flexibility index (Phi) is 9.04. The van der Waals surface area contributed by atoms with Crippen LogP contribution < -0.4 is 9.47 Å². The van der Waals surface area contributed by atoms with Crippen LogP contribution in [0.4, 0.5) is 4.79 Å². The van der Waals surface area contributed by atoms with E-state index in [9.17, 15) is 14.9 Å². The van der Waals surface area contributed by atoms with Crippen LogP contribution in [0, 0.1) is 11.3 Å². The first-order valence-electron chi connectivity index (χ1n) is 11.9. The van der Waals surface area contributed by atoms with Crippen molar-refractivity contribution >= 4 is 44.9 Å². The average Bonchev–Trinajstić information content (AvgIpc) is 3.17. The fourth-order valence-electron chi connectivity index (χ4n) is 3.87. The molecule has 0 radical (unpaired) electrons. The third-order valence-electron chi connectivity index (χ3n) is 5.73. The number of carbonyl (C=O) groups excluding carboxylic acids is 2. The van der Waals surface area contributed by atoms with Crippen molar-refractivity contribution in [3.63, 3.8) is 0 Å². The maximum absolute atomic E-state index is 13.0. The summed E-state index contributed by atoms with van der Waals surface area (Å²) in [6.45, 7) is 2.87. The van der Waals surface area contributed by atoms with Crippen molar-refractivity contribution in [2.75, 3.05) is 13.2 Å². The van der Waals surface area contributed by atoms with E-state index >= 15 is 0 Å². The van der Waals surface area contributed by atoms with E-state index in [0.29, 0.717) is 51.6 Å². The van der Waals surface area contributed by atoms with Gasteiger partial charge in [0.25, 0.3) is 11.1 Å². The molecule has 1 saturated heterocycles. The van der Waals surface area contributed by atoms with Crippen LogP contribution in [0.5, 0.6) is 11.5 Å². The maximum Gasteiger partial charge on any atom is 0.293 e. The summed E-state index contributed by atoms with van der Waals surface area (Å²) >= 11 is 4.50. The fourth-order valence-corrected chi connectivity index (χ4v) is 5.17. The number of rotatable bonds is 10. The summed E-state index contributed by atoms with van der Waals surface area (Å²) in [5.41, 5.74) is 3.20. The highest BCUT2D eigenvalue weighted by Crippen LogP contribution is 2.38. The molecule has 0 aliphatic carbocycles. The highest BCUT2D eigenvalue weighted by molar-refractivity contribution is 9.10. The van der Waals surface area contributed by atoms with Crippen LogP contribution in [0.15, 0.2) is 76.1 Å². The monoisotopic (exact) mass is 576 g/mol. The van der Waals surface area contributed by atoms with E-state index in [-0.39, 0.29) is 17.8 Å². The van der Waals surface area contributed by atoms with Gasteiger partial charge in [0.05, 0.1) is 23.1 Å². The van der Waals surface area contributed by atoms with Crippen LogP contribution in [0.25, 0.3) is 6.08 Å². The van der Waals surface area contributed by atoms with Crippen molar-refractivity contribution in [3.05, 3.63) is 98.4 Å². The molecule has 1 aliphatic rings. The van der Waals surface area contributed by atoms with Gasteiger partial charge in [-0.15, -0.1) is 0 Å².